The molecule has 0 amide bonds. The third kappa shape index (κ3) is 4.55. The summed E-state index contributed by atoms with van der Waals surface area (Å²) in [6.07, 6.45) is 9.86. The molecule has 0 aromatic rings. The van der Waals surface area contributed by atoms with Gasteiger partial charge >= 0.3 is 0 Å². The maximum Gasteiger partial charge on any atom is -0.00154 e. The molecule has 0 spiro atoms. The SMILES string of the molecule is CCCCCCC(C)(C)C1CCCNC1. The molecule has 0 bridgehead atoms. The molecule has 0 aromatic carbocycles. The fourth-order valence-electron chi connectivity index (χ4n) is 2.73. The van der Waals surface area contributed by atoms with Gasteiger partial charge in [0.1, 0.15) is 0 Å². The minimum absolute atomic E-state index is 0.557. The van der Waals surface area contributed by atoms with Gasteiger partial charge in [0.15, 0.2) is 0 Å². The van der Waals surface area contributed by atoms with E-state index < -0.39 is 0 Å². The highest BCUT2D eigenvalue weighted by molar-refractivity contribution is 4.82. The van der Waals surface area contributed by atoms with Crippen LogP contribution in [0.5, 0.6) is 0 Å². The molecule has 0 saturated carbocycles. The van der Waals surface area contributed by atoms with Crippen molar-refractivity contribution in [1.29, 1.82) is 0 Å². The third-order valence-corrected chi connectivity index (χ3v) is 4.08. The lowest BCUT2D eigenvalue weighted by molar-refractivity contribution is 0.153. The van der Waals surface area contributed by atoms with Crippen molar-refractivity contribution < 1.29 is 0 Å². The molecule has 15 heavy (non-hydrogen) atoms. The summed E-state index contributed by atoms with van der Waals surface area (Å²) in [5, 5.41) is 3.54. The summed E-state index contributed by atoms with van der Waals surface area (Å²) in [6.45, 7) is 9.71. The van der Waals surface area contributed by atoms with Gasteiger partial charge in [0.2, 0.25) is 0 Å². The predicted molar refractivity (Wildman–Crippen MR) is 68.1 cm³/mol. The predicted octanol–water partition coefficient (Wildman–Crippen LogP) is 3.98. The zero-order valence-corrected chi connectivity index (χ0v) is 10.9. The topological polar surface area (TPSA) is 12.0 Å². The van der Waals surface area contributed by atoms with E-state index in [0.717, 1.165) is 5.92 Å². The number of nitrogens with one attached hydrogen (secondary N) is 1. The molecular formula is C14H29N. The summed E-state index contributed by atoms with van der Waals surface area (Å²) in [7, 11) is 0. The maximum absolute atomic E-state index is 3.54. The fourth-order valence-corrected chi connectivity index (χ4v) is 2.73. The molecule has 1 unspecified atom stereocenters. The summed E-state index contributed by atoms with van der Waals surface area (Å²) >= 11 is 0. The molecule has 0 aromatic heterocycles. The molecule has 1 atom stereocenters. The van der Waals surface area contributed by atoms with Crippen molar-refractivity contribution in [3.05, 3.63) is 0 Å². The van der Waals surface area contributed by atoms with Crippen LogP contribution in [0.2, 0.25) is 0 Å². The molecule has 90 valence electrons. The first-order valence-electron chi connectivity index (χ1n) is 6.87. The average Bonchev–Trinajstić information content (AvgIpc) is 2.26. The van der Waals surface area contributed by atoms with Crippen molar-refractivity contribution in [3.8, 4) is 0 Å². The Hall–Kier alpha value is -0.0400. The summed E-state index contributed by atoms with van der Waals surface area (Å²) < 4.78 is 0. The van der Waals surface area contributed by atoms with Gasteiger partial charge in [-0.15, -0.1) is 0 Å². The Morgan fingerprint density at radius 2 is 2.00 bits per heavy atom. The van der Waals surface area contributed by atoms with Gasteiger partial charge in [0.25, 0.3) is 0 Å². The Labute approximate surface area is 96.0 Å². The van der Waals surface area contributed by atoms with E-state index in [1.165, 1.54) is 58.0 Å². The molecule has 1 saturated heterocycles. The van der Waals surface area contributed by atoms with E-state index in [1.54, 1.807) is 0 Å². The Morgan fingerprint density at radius 3 is 2.60 bits per heavy atom. The zero-order valence-electron chi connectivity index (χ0n) is 10.9. The van der Waals surface area contributed by atoms with Crippen molar-refractivity contribution in [1.82, 2.24) is 5.32 Å². The third-order valence-electron chi connectivity index (χ3n) is 4.08. The number of hydrogen-bond donors (Lipinski definition) is 1. The van der Waals surface area contributed by atoms with Gasteiger partial charge in [-0.1, -0.05) is 46.5 Å². The van der Waals surface area contributed by atoms with Crippen molar-refractivity contribution in [2.45, 2.75) is 65.7 Å². The second-order valence-corrected chi connectivity index (χ2v) is 5.84. The summed E-state index contributed by atoms with van der Waals surface area (Å²) in [5.41, 5.74) is 0.557. The first kappa shape index (κ1) is 13.0. The Balaban J connectivity index is 2.23. The highest BCUT2D eigenvalue weighted by atomic mass is 14.9. The van der Waals surface area contributed by atoms with E-state index >= 15 is 0 Å². The van der Waals surface area contributed by atoms with Crippen LogP contribution in [-0.2, 0) is 0 Å². The Bertz CT molecular complexity index is 157. The normalized spacial score (nSPS) is 23.0. The summed E-state index contributed by atoms with van der Waals surface area (Å²) in [5.74, 6) is 0.910. The fraction of sp³-hybridized carbons (Fsp3) is 1.00. The first-order valence-corrected chi connectivity index (χ1v) is 6.87. The van der Waals surface area contributed by atoms with Crippen LogP contribution in [-0.4, -0.2) is 13.1 Å². The number of hydrogen-bond acceptors (Lipinski definition) is 1. The van der Waals surface area contributed by atoms with E-state index in [2.05, 4.69) is 26.1 Å². The van der Waals surface area contributed by atoms with Gasteiger partial charge in [0.05, 0.1) is 0 Å². The van der Waals surface area contributed by atoms with Crippen molar-refractivity contribution in [2.24, 2.45) is 11.3 Å². The molecule has 1 rings (SSSR count). The van der Waals surface area contributed by atoms with Gasteiger partial charge in [-0.2, -0.15) is 0 Å². The van der Waals surface area contributed by atoms with Crippen LogP contribution in [0.3, 0.4) is 0 Å². The molecule has 1 N–H and O–H groups in total. The molecule has 1 aliphatic rings. The standard InChI is InChI=1S/C14H29N/c1-4-5-6-7-10-14(2,3)13-9-8-11-15-12-13/h13,15H,4-12H2,1-3H3. The molecule has 1 heteroatoms. The lowest BCUT2D eigenvalue weighted by Crippen LogP contribution is -2.38. The molecule has 1 aliphatic heterocycles. The first-order chi connectivity index (χ1) is 7.17. The number of piperidine rings is 1. The van der Waals surface area contributed by atoms with Crippen LogP contribution in [0.15, 0.2) is 0 Å². The Kier molecular flexibility index (Phi) is 5.66. The minimum atomic E-state index is 0.557. The minimum Gasteiger partial charge on any atom is -0.316 e. The van der Waals surface area contributed by atoms with E-state index in [4.69, 9.17) is 0 Å². The lowest BCUT2D eigenvalue weighted by atomic mass is 9.72. The van der Waals surface area contributed by atoms with Gasteiger partial charge in [-0.3, -0.25) is 0 Å². The van der Waals surface area contributed by atoms with Crippen LogP contribution in [0.1, 0.15) is 65.7 Å². The second-order valence-electron chi connectivity index (χ2n) is 5.84. The highest BCUT2D eigenvalue weighted by Gasteiger charge is 2.29. The molecule has 0 aliphatic carbocycles. The number of unbranched alkanes of at least 4 members (excludes halogenated alkanes) is 3. The molecular weight excluding hydrogens is 182 g/mol. The second kappa shape index (κ2) is 6.52. The quantitative estimate of drug-likeness (QED) is 0.655. The van der Waals surface area contributed by atoms with E-state index in [1.807, 2.05) is 0 Å². The van der Waals surface area contributed by atoms with Crippen molar-refractivity contribution in [3.63, 3.8) is 0 Å². The van der Waals surface area contributed by atoms with Crippen molar-refractivity contribution >= 4 is 0 Å². The molecule has 1 nitrogen and oxygen atoms in total. The molecule has 1 heterocycles. The van der Waals surface area contributed by atoms with E-state index in [0.29, 0.717) is 5.41 Å². The van der Waals surface area contributed by atoms with Crippen LogP contribution in [0.25, 0.3) is 0 Å². The number of rotatable bonds is 6. The van der Waals surface area contributed by atoms with Gasteiger partial charge in [-0.05, 0) is 43.7 Å². The lowest BCUT2D eigenvalue weighted by Gasteiger charge is -2.37. The maximum atomic E-state index is 3.54. The van der Waals surface area contributed by atoms with Gasteiger partial charge in [-0.25, -0.2) is 0 Å². The monoisotopic (exact) mass is 211 g/mol. The van der Waals surface area contributed by atoms with E-state index in [9.17, 15) is 0 Å². The van der Waals surface area contributed by atoms with Gasteiger partial charge in [0, 0.05) is 0 Å². The van der Waals surface area contributed by atoms with Crippen LogP contribution >= 0.6 is 0 Å². The summed E-state index contributed by atoms with van der Waals surface area (Å²) in [4.78, 5) is 0. The highest BCUT2D eigenvalue weighted by Crippen LogP contribution is 2.36. The summed E-state index contributed by atoms with van der Waals surface area (Å²) in [6, 6.07) is 0. The van der Waals surface area contributed by atoms with E-state index in [-0.39, 0.29) is 0 Å². The van der Waals surface area contributed by atoms with Crippen molar-refractivity contribution in [2.75, 3.05) is 13.1 Å². The average molecular weight is 211 g/mol. The van der Waals surface area contributed by atoms with Crippen LogP contribution < -0.4 is 5.32 Å². The van der Waals surface area contributed by atoms with Crippen LogP contribution in [0.4, 0.5) is 0 Å². The van der Waals surface area contributed by atoms with Gasteiger partial charge < -0.3 is 5.32 Å². The Morgan fingerprint density at radius 1 is 1.20 bits per heavy atom. The largest absolute Gasteiger partial charge is 0.316 e. The smallest absolute Gasteiger partial charge is 0.00154 e. The van der Waals surface area contributed by atoms with Crippen LogP contribution in [0, 0.1) is 11.3 Å². The zero-order chi connectivity index (χ0) is 11.1. The molecule has 1 fully saturated rings. The molecule has 0 radical (unpaired) electrons.